The number of hydrogen-bond acceptors (Lipinski definition) is 6. The lowest BCUT2D eigenvalue weighted by molar-refractivity contribution is -0.136. The Kier molecular flexibility index (Phi) is 7.12. The van der Waals surface area contributed by atoms with Crippen LogP contribution in [0.15, 0.2) is 87.0 Å². The summed E-state index contributed by atoms with van der Waals surface area (Å²) in [5, 5.41) is 1.38. The molecule has 3 aromatic carbocycles. The highest BCUT2D eigenvalue weighted by Crippen LogP contribution is 2.31. The first kappa shape index (κ1) is 26.4. The third-order valence-electron chi connectivity index (χ3n) is 6.64. The first-order valence-corrected chi connectivity index (χ1v) is 14.1. The molecule has 0 amide bonds. The molecule has 2 aromatic heterocycles. The fraction of sp³-hybridized carbons (Fsp3) is 0.200. The summed E-state index contributed by atoms with van der Waals surface area (Å²) in [6.45, 7) is 5.54. The fourth-order valence-corrected chi connectivity index (χ4v) is 5.86. The van der Waals surface area contributed by atoms with E-state index in [1.54, 1.807) is 37.4 Å². The van der Waals surface area contributed by atoms with Crippen molar-refractivity contribution in [2.45, 2.75) is 44.6 Å². The molecule has 0 aliphatic carbocycles. The highest BCUT2D eigenvalue weighted by molar-refractivity contribution is 7.89. The van der Waals surface area contributed by atoms with Crippen molar-refractivity contribution < 1.29 is 22.4 Å². The number of ether oxygens (including phenoxy) is 1. The molecule has 0 saturated carbocycles. The lowest BCUT2D eigenvalue weighted by Gasteiger charge is -2.19. The minimum absolute atomic E-state index is 0.0425. The van der Waals surface area contributed by atoms with Gasteiger partial charge in [0.05, 0.1) is 10.3 Å². The third kappa shape index (κ3) is 5.50. The smallest absolute Gasteiger partial charge is 0.336 e. The molecule has 0 aliphatic rings. The number of esters is 1. The van der Waals surface area contributed by atoms with Crippen LogP contribution in [0.5, 0.6) is 5.75 Å². The minimum Gasteiger partial charge on any atom is -0.425 e. The molecule has 39 heavy (non-hydrogen) atoms. The molecular formula is C30H28N2O6S. The zero-order valence-corrected chi connectivity index (χ0v) is 22.6. The number of para-hydroxylation sites is 1. The molecule has 0 fully saturated rings. The van der Waals surface area contributed by atoms with Gasteiger partial charge in [0.1, 0.15) is 17.4 Å². The number of benzene rings is 3. The van der Waals surface area contributed by atoms with Crippen molar-refractivity contribution in [1.82, 2.24) is 9.71 Å². The summed E-state index contributed by atoms with van der Waals surface area (Å²) in [4.78, 5) is 29.0. The molecule has 0 radical (unpaired) electrons. The van der Waals surface area contributed by atoms with E-state index in [4.69, 9.17) is 9.15 Å². The van der Waals surface area contributed by atoms with Crippen LogP contribution in [-0.4, -0.2) is 25.4 Å². The average molecular weight is 545 g/mol. The van der Waals surface area contributed by atoms with E-state index in [-0.39, 0.29) is 17.1 Å². The van der Waals surface area contributed by atoms with Gasteiger partial charge in [-0.05, 0) is 67.3 Å². The monoisotopic (exact) mass is 544 g/mol. The topological polar surface area (TPSA) is 118 Å². The number of nitrogens with one attached hydrogen (secondary N) is 2. The quantitative estimate of drug-likeness (QED) is 0.162. The molecule has 0 aliphatic heterocycles. The molecular weight excluding hydrogens is 516 g/mol. The molecule has 2 heterocycles. The zero-order valence-electron chi connectivity index (χ0n) is 21.8. The van der Waals surface area contributed by atoms with Crippen molar-refractivity contribution in [2.75, 3.05) is 0 Å². The standard InChI is InChI=1S/C30H28N2O6S/c1-4-20-16-28(33)37-26-13-19(3)14-27(29(20)26)38-30(34)25(15-21-17-31-24-8-6-5-7-23(21)24)32-39(35,36)22-11-9-18(2)10-12-22/h5-14,16-17,25,31-32H,4,15H2,1-3H3/t25-/m0/s1. The Morgan fingerprint density at radius 2 is 1.74 bits per heavy atom. The number of fused-ring (bicyclic) bond motifs is 2. The second-order valence-electron chi connectivity index (χ2n) is 9.55. The number of carbonyl (C=O) groups is 1. The lowest BCUT2D eigenvalue weighted by Crippen LogP contribution is -2.44. The summed E-state index contributed by atoms with van der Waals surface area (Å²) in [6.07, 6.45) is 2.32. The van der Waals surface area contributed by atoms with Gasteiger partial charge in [-0.3, -0.25) is 0 Å². The molecule has 0 unspecified atom stereocenters. The number of aromatic amines is 1. The van der Waals surface area contributed by atoms with Gasteiger partial charge >= 0.3 is 11.6 Å². The Morgan fingerprint density at radius 3 is 2.49 bits per heavy atom. The van der Waals surface area contributed by atoms with Crippen molar-refractivity contribution in [3.05, 3.63) is 106 Å². The van der Waals surface area contributed by atoms with Crippen LogP contribution in [0.1, 0.15) is 29.2 Å². The molecule has 1 atom stereocenters. The van der Waals surface area contributed by atoms with Gasteiger partial charge in [-0.1, -0.05) is 42.8 Å². The zero-order chi connectivity index (χ0) is 27.7. The normalized spacial score (nSPS) is 12.6. The number of rotatable bonds is 8. The predicted molar refractivity (Wildman–Crippen MR) is 150 cm³/mol. The van der Waals surface area contributed by atoms with E-state index in [9.17, 15) is 18.0 Å². The van der Waals surface area contributed by atoms with Gasteiger partial charge in [-0.15, -0.1) is 0 Å². The summed E-state index contributed by atoms with van der Waals surface area (Å²) < 4.78 is 40.5. The average Bonchev–Trinajstić information content (AvgIpc) is 3.30. The second kappa shape index (κ2) is 10.5. The predicted octanol–water partition coefficient (Wildman–Crippen LogP) is 4.95. The van der Waals surface area contributed by atoms with E-state index in [1.165, 1.54) is 18.2 Å². The van der Waals surface area contributed by atoms with E-state index in [0.717, 1.165) is 27.6 Å². The van der Waals surface area contributed by atoms with Gasteiger partial charge in [-0.2, -0.15) is 4.72 Å². The van der Waals surface area contributed by atoms with E-state index >= 15 is 0 Å². The van der Waals surface area contributed by atoms with Crippen molar-refractivity contribution >= 4 is 37.9 Å². The second-order valence-corrected chi connectivity index (χ2v) is 11.3. The highest BCUT2D eigenvalue weighted by atomic mass is 32.2. The molecule has 5 aromatic rings. The third-order valence-corrected chi connectivity index (χ3v) is 8.13. The van der Waals surface area contributed by atoms with Crippen LogP contribution in [0.2, 0.25) is 0 Å². The number of H-pyrrole nitrogens is 1. The Labute approximate surface area is 225 Å². The molecule has 0 bridgehead atoms. The summed E-state index contributed by atoms with van der Waals surface area (Å²) >= 11 is 0. The van der Waals surface area contributed by atoms with Crippen LogP contribution in [0.25, 0.3) is 21.9 Å². The van der Waals surface area contributed by atoms with Gasteiger partial charge in [0, 0.05) is 29.6 Å². The van der Waals surface area contributed by atoms with Gasteiger partial charge in [0.25, 0.3) is 0 Å². The minimum atomic E-state index is -4.06. The Hall–Kier alpha value is -4.21. The van der Waals surface area contributed by atoms with Crippen LogP contribution in [0, 0.1) is 13.8 Å². The van der Waals surface area contributed by atoms with Crippen LogP contribution in [0.3, 0.4) is 0 Å². The van der Waals surface area contributed by atoms with E-state index in [0.29, 0.717) is 23.0 Å². The largest absolute Gasteiger partial charge is 0.425 e. The van der Waals surface area contributed by atoms with Gasteiger partial charge < -0.3 is 14.1 Å². The Bertz CT molecular complexity index is 1850. The maximum atomic E-state index is 13.7. The van der Waals surface area contributed by atoms with Crippen LogP contribution < -0.4 is 15.1 Å². The molecule has 0 saturated heterocycles. The van der Waals surface area contributed by atoms with E-state index in [2.05, 4.69) is 9.71 Å². The van der Waals surface area contributed by atoms with Crippen LogP contribution >= 0.6 is 0 Å². The first-order chi connectivity index (χ1) is 18.6. The first-order valence-electron chi connectivity index (χ1n) is 12.6. The van der Waals surface area contributed by atoms with Gasteiger partial charge in [-0.25, -0.2) is 18.0 Å². The Morgan fingerprint density at radius 1 is 1.00 bits per heavy atom. The maximum absolute atomic E-state index is 13.7. The fourth-order valence-electron chi connectivity index (χ4n) is 4.68. The molecule has 0 spiro atoms. The number of aromatic nitrogens is 1. The van der Waals surface area contributed by atoms with Crippen molar-refractivity contribution in [3.8, 4) is 5.75 Å². The summed E-state index contributed by atoms with van der Waals surface area (Å²) in [7, 11) is -4.06. The SMILES string of the molecule is CCc1cc(=O)oc2cc(C)cc(OC(=O)[C@H](Cc3c[nH]c4ccccc34)NS(=O)(=O)c3ccc(C)cc3)c12. The van der Waals surface area contributed by atoms with Crippen molar-refractivity contribution in [1.29, 1.82) is 0 Å². The summed E-state index contributed by atoms with van der Waals surface area (Å²) in [5.74, 6) is -0.579. The lowest BCUT2D eigenvalue weighted by atomic mass is 10.0. The molecule has 9 heteroatoms. The molecule has 200 valence electrons. The Balaban J connectivity index is 1.55. The number of hydrogen-bond donors (Lipinski definition) is 2. The number of carbonyl (C=O) groups excluding carboxylic acids is 1. The van der Waals surface area contributed by atoms with E-state index < -0.39 is 27.7 Å². The molecule has 8 nitrogen and oxygen atoms in total. The van der Waals surface area contributed by atoms with Crippen LogP contribution in [-0.2, 0) is 27.7 Å². The highest BCUT2D eigenvalue weighted by Gasteiger charge is 2.29. The summed E-state index contributed by atoms with van der Waals surface area (Å²) in [5.41, 5.74) is 3.73. The number of aryl methyl sites for hydroxylation is 3. The van der Waals surface area contributed by atoms with Gasteiger partial charge in [0.15, 0.2) is 0 Å². The molecule has 5 rings (SSSR count). The number of sulfonamides is 1. The molecule has 2 N–H and O–H groups in total. The van der Waals surface area contributed by atoms with Crippen LogP contribution in [0.4, 0.5) is 0 Å². The van der Waals surface area contributed by atoms with Crippen molar-refractivity contribution in [2.24, 2.45) is 0 Å². The van der Waals surface area contributed by atoms with E-state index in [1.807, 2.05) is 38.1 Å². The maximum Gasteiger partial charge on any atom is 0.336 e. The summed E-state index contributed by atoms with van der Waals surface area (Å²) in [6, 6.07) is 17.5. The van der Waals surface area contributed by atoms with Crippen molar-refractivity contribution in [3.63, 3.8) is 0 Å². The van der Waals surface area contributed by atoms with Gasteiger partial charge in [0.2, 0.25) is 10.0 Å².